The molecule has 0 unspecified atom stereocenters. The van der Waals surface area contributed by atoms with Crippen LogP contribution in [-0.4, -0.2) is 18.7 Å². The van der Waals surface area contributed by atoms with Crippen LogP contribution in [0.3, 0.4) is 0 Å². The van der Waals surface area contributed by atoms with Gasteiger partial charge in [-0.15, -0.1) is 0 Å². The van der Waals surface area contributed by atoms with Crippen molar-refractivity contribution < 1.29 is 14.3 Å². The van der Waals surface area contributed by atoms with Crippen LogP contribution in [0, 0.1) is 0 Å². The van der Waals surface area contributed by atoms with Crippen molar-refractivity contribution in [3.8, 4) is 5.75 Å². The van der Waals surface area contributed by atoms with Gasteiger partial charge >= 0.3 is 5.97 Å². The van der Waals surface area contributed by atoms with Gasteiger partial charge in [0.15, 0.2) is 6.10 Å². The fourth-order valence-electron chi connectivity index (χ4n) is 1.72. The third-order valence-corrected chi connectivity index (χ3v) is 2.96. The Morgan fingerprint density at radius 1 is 1.21 bits per heavy atom. The number of hydrogen-bond acceptors (Lipinski definition) is 3. The second kappa shape index (κ2) is 8.81. The first-order valence-corrected chi connectivity index (χ1v) is 7.14. The van der Waals surface area contributed by atoms with Crippen LogP contribution < -0.4 is 4.74 Å². The van der Waals surface area contributed by atoms with Crippen LogP contribution in [0.1, 0.15) is 39.5 Å². The van der Waals surface area contributed by atoms with E-state index in [1.165, 1.54) is 0 Å². The maximum atomic E-state index is 11.8. The number of hydrogen-bond donors (Lipinski definition) is 0. The molecule has 0 aliphatic carbocycles. The van der Waals surface area contributed by atoms with Gasteiger partial charge in [0.2, 0.25) is 0 Å². The molecule has 1 atom stereocenters. The topological polar surface area (TPSA) is 35.5 Å². The van der Waals surface area contributed by atoms with Crippen molar-refractivity contribution in [2.45, 2.75) is 45.6 Å². The lowest BCUT2D eigenvalue weighted by atomic mass is 10.1. The standard InChI is InChI=1S/C15H21ClO3/c1-3-5-6-7-14(15(17)18-4-2)19-13-10-8-12(16)9-11-13/h8-11,14H,3-7H2,1-2H3/t14-/m0/s1. The highest BCUT2D eigenvalue weighted by atomic mass is 35.5. The third-order valence-electron chi connectivity index (χ3n) is 2.71. The predicted octanol–water partition coefficient (Wildman–Crippen LogP) is 4.23. The van der Waals surface area contributed by atoms with Gasteiger partial charge in [-0.25, -0.2) is 4.79 Å². The zero-order valence-corrected chi connectivity index (χ0v) is 12.3. The average molecular weight is 285 g/mol. The number of esters is 1. The molecule has 0 saturated carbocycles. The third kappa shape index (κ3) is 5.97. The number of halogens is 1. The van der Waals surface area contributed by atoms with Gasteiger partial charge in [0.05, 0.1) is 6.61 Å². The van der Waals surface area contributed by atoms with E-state index in [0.717, 1.165) is 19.3 Å². The summed E-state index contributed by atoms with van der Waals surface area (Å²) in [5.41, 5.74) is 0. The second-order valence-electron chi connectivity index (χ2n) is 4.31. The van der Waals surface area contributed by atoms with E-state index in [4.69, 9.17) is 21.1 Å². The fourth-order valence-corrected chi connectivity index (χ4v) is 1.84. The quantitative estimate of drug-likeness (QED) is 0.529. The summed E-state index contributed by atoms with van der Waals surface area (Å²) in [6.45, 7) is 4.29. The monoisotopic (exact) mass is 284 g/mol. The second-order valence-corrected chi connectivity index (χ2v) is 4.74. The lowest BCUT2D eigenvalue weighted by Gasteiger charge is -2.17. The van der Waals surface area contributed by atoms with Gasteiger partial charge in [-0.1, -0.05) is 31.4 Å². The first-order valence-electron chi connectivity index (χ1n) is 6.76. The molecule has 0 saturated heterocycles. The Morgan fingerprint density at radius 3 is 2.47 bits per heavy atom. The first kappa shape index (κ1) is 15.8. The summed E-state index contributed by atoms with van der Waals surface area (Å²) < 4.78 is 10.7. The minimum Gasteiger partial charge on any atom is -0.479 e. The molecule has 3 nitrogen and oxygen atoms in total. The van der Waals surface area contributed by atoms with Gasteiger partial charge in [-0.05, 0) is 44.0 Å². The van der Waals surface area contributed by atoms with E-state index in [9.17, 15) is 4.79 Å². The summed E-state index contributed by atoms with van der Waals surface area (Å²) in [6, 6.07) is 7.00. The normalized spacial score (nSPS) is 11.9. The van der Waals surface area contributed by atoms with Crippen molar-refractivity contribution in [1.82, 2.24) is 0 Å². The molecule has 0 spiro atoms. The van der Waals surface area contributed by atoms with Crippen LogP contribution in [0.4, 0.5) is 0 Å². The van der Waals surface area contributed by atoms with E-state index >= 15 is 0 Å². The summed E-state index contributed by atoms with van der Waals surface area (Å²) >= 11 is 5.82. The van der Waals surface area contributed by atoms with Crippen molar-refractivity contribution >= 4 is 17.6 Å². The maximum absolute atomic E-state index is 11.8. The van der Waals surface area contributed by atoms with Gasteiger partial charge in [-0.2, -0.15) is 0 Å². The van der Waals surface area contributed by atoms with Gasteiger partial charge < -0.3 is 9.47 Å². The summed E-state index contributed by atoms with van der Waals surface area (Å²) in [4.78, 5) is 11.8. The molecule has 4 heteroatoms. The molecule has 0 aromatic heterocycles. The Balaban J connectivity index is 2.61. The molecular weight excluding hydrogens is 264 g/mol. The molecule has 1 aromatic carbocycles. The molecule has 1 aromatic rings. The SMILES string of the molecule is CCCCC[C@H](Oc1ccc(Cl)cc1)C(=O)OCC. The highest BCUT2D eigenvalue weighted by molar-refractivity contribution is 6.30. The van der Waals surface area contributed by atoms with Crippen molar-refractivity contribution in [2.24, 2.45) is 0 Å². The van der Waals surface area contributed by atoms with Crippen molar-refractivity contribution in [1.29, 1.82) is 0 Å². The largest absolute Gasteiger partial charge is 0.479 e. The van der Waals surface area contributed by atoms with Gasteiger partial charge in [0, 0.05) is 5.02 Å². The smallest absolute Gasteiger partial charge is 0.347 e. The first-order chi connectivity index (χ1) is 9.17. The molecule has 0 bridgehead atoms. The zero-order valence-electron chi connectivity index (χ0n) is 11.5. The molecule has 0 heterocycles. The number of carbonyl (C=O) groups is 1. The Labute approximate surface area is 119 Å². The van der Waals surface area contributed by atoms with Crippen LogP contribution in [0.2, 0.25) is 5.02 Å². The number of unbranched alkanes of at least 4 members (excludes halogenated alkanes) is 2. The number of carbonyl (C=O) groups excluding carboxylic acids is 1. The van der Waals surface area contributed by atoms with E-state index in [0.29, 0.717) is 23.8 Å². The Bertz CT molecular complexity index is 375. The van der Waals surface area contributed by atoms with Crippen LogP contribution in [0.5, 0.6) is 5.75 Å². The van der Waals surface area contributed by atoms with Crippen LogP contribution >= 0.6 is 11.6 Å². The van der Waals surface area contributed by atoms with Gasteiger partial charge in [0.1, 0.15) is 5.75 Å². The highest BCUT2D eigenvalue weighted by Crippen LogP contribution is 2.19. The summed E-state index contributed by atoms with van der Waals surface area (Å²) in [6.07, 6.45) is 3.28. The van der Waals surface area contributed by atoms with Crippen LogP contribution in [0.25, 0.3) is 0 Å². The molecule has 0 N–H and O–H groups in total. The zero-order chi connectivity index (χ0) is 14.1. The van der Waals surface area contributed by atoms with Gasteiger partial charge in [-0.3, -0.25) is 0 Å². The van der Waals surface area contributed by atoms with Crippen molar-refractivity contribution in [3.63, 3.8) is 0 Å². The lowest BCUT2D eigenvalue weighted by molar-refractivity contribution is -0.151. The highest BCUT2D eigenvalue weighted by Gasteiger charge is 2.21. The molecule has 1 rings (SSSR count). The molecule has 106 valence electrons. The molecule has 0 aliphatic heterocycles. The minimum absolute atomic E-state index is 0.298. The van der Waals surface area contributed by atoms with E-state index in [2.05, 4.69) is 6.92 Å². The Morgan fingerprint density at radius 2 is 1.89 bits per heavy atom. The van der Waals surface area contributed by atoms with E-state index in [1.54, 1.807) is 31.2 Å². The van der Waals surface area contributed by atoms with Crippen molar-refractivity contribution in [3.05, 3.63) is 29.3 Å². The lowest BCUT2D eigenvalue weighted by Crippen LogP contribution is -2.29. The fraction of sp³-hybridized carbons (Fsp3) is 0.533. The summed E-state index contributed by atoms with van der Waals surface area (Å²) in [5, 5.41) is 0.644. The molecule has 19 heavy (non-hydrogen) atoms. The average Bonchev–Trinajstić information content (AvgIpc) is 2.40. The number of rotatable bonds is 8. The van der Waals surface area contributed by atoms with Crippen LogP contribution in [-0.2, 0) is 9.53 Å². The van der Waals surface area contributed by atoms with Crippen LogP contribution in [0.15, 0.2) is 24.3 Å². The molecule has 0 amide bonds. The van der Waals surface area contributed by atoms with E-state index < -0.39 is 6.10 Å². The minimum atomic E-state index is -0.535. The summed E-state index contributed by atoms with van der Waals surface area (Å²) in [7, 11) is 0. The summed E-state index contributed by atoms with van der Waals surface area (Å²) in [5.74, 6) is 0.340. The van der Waals surface area contributed by atoms with E-state index in [1.807, 2.05) is 0 Å². The predicted molar refractivity (Wildman–Crippen MR) is 76.6 cm³/mol. The van der Waals surface area contributed by atoms with Crippen molar-refractivity contribution in [2.75, 3.05) is 6.61 Å². The Hall–Kier alpha value is -1.22. The van der Waals surface area contributed by atoms with Gasteiger partial charge in [0.25, 0.3) is 0 Å². The molecule has 0 fully saturated rings. The molecule has 0 radical (unpaired) electrons. The Kier molecular flexibility index (Phi) is 7.34. The molecule has 0 aliphatic rings. The molecular formula is C15H21ClO3. The number of ether oxygens (including phenoxy) is 2. The number of benzene rings is 1. The maximum Gasteiger partial charge on any atom is 0.347 e. The van der Waals surface area contributed by atoms with E-state index in [-0.39, 0.29) is 5.97 Å².